The van der Waals surface area contributed by atoms with Crippen LogP contribution in [0.25, 0.3) is 0 Å². The molecule has 1 aliphatic rings. The molecule has 2 aromatic carbocycles. The Morgan fingerprint density at radius 3 is 2.62 bits per heavy atom. The van der Waals surface area contributed by atoms with Crippen LogP contribution in [-0.4, -0.2) is 17.2 Å². The number of halogens is 3. The van der Waals surface area contributed by atoms with Crippen LogP contribution in [0, 0.1) is 5.82 Å². The maximum Gasteiger partial charge on any atom is 0.125 e. The van der Waals surface area contributed by atoms with Crippen molar-refractivity contribution in [2.75, 3.05) is 11.9 Å². The van der Waals surface area contributed by atoms with E-state index in [9.17, 15) is 4.39 Å². The smallest absolute Gasteiger partial charge is 0.125 e. The Labute approximate surface area is 136 Å². The third kappa shape index (κ3) is 2.93. The number of fused-ring (bicyclic) bond motifs is 1. The number of nitrogens with zero attached hydrogens (tertiary/aromatic N) is 1. The van der Waals surface area contributed by atoms with E-state index >= 15 is 0 Å². The highest BCUT2D eigenvalue weighted by molar-refractivity contribution is 7.80. The lowest BCUT2D eigenvalue weighted by Gasteiger charge is -2.11. The number of aliphatic imine (C=N–C) groups is 1. The number of benzodiazepines with no additional fused rings is 1. The predicted octanol–water partition coefficient (Wildman–Crippen LogP) is 4.72. The van der Waals surface area contributed by atoms with Crippen LogP contribution in [0.4, 0.5) is 10.1 Å². The van der Waals surface area contributed by atoms with E-state index in [0.29, 0.717) is 33.0 Å². The molecule has 0 saturated carbocycles. The summed E-state index contributed by atoms with van der Waals surface area (Å²) in [5, 5.41) is 4.04. The fourth-order valence-corrected chi connectivity index (χ4v) is 2.84. The van der Waals surface area contributed by atoms with Gasteiger partial charge in [0.25, 0.3) is 0 Å². The SMILES string of the molecule is Fc1ccc2c(c1)NC(=S)CN=C2c1ccc(Cl)cc1Cl. The zero-order valence-corrected chi connectivity index (χ0v) is 13.0. The minimum atomic E-state index is -0.340. The van der Waals surface area contributed by atoms with Gasteiger partial charge in [0.1, 0.15) is 10.8 Å². The molecular weight excluding hydrogens is 330 g/mol. The third-order valence-corrected chi connectivity index (χ3v) is 3.86. The van der Waals surface area contributed by atoms with E-state index in [1.165, 1.54) is 12.1 Å². The summed E-state index contributed by atoms with van der Waals surface area (Å²) in [6.45, 7) is 0.319. The van der Waals surface area contributed by atoms with Crippen molar-refractivity contribution in [1.29, 1.82) is 0 Å². The van der Waals surface area contributed by atoms with Gasteiger partial charge in [0.2, 0.25) is 0 Å². The molecule has 1 heterocycles. The molecule has 0 atom stereocenters. The van der Waals surface area contributed by atoms with Crippen molar-refractivity contribution in [3.05, 3.63) is 63.4 Å². The van der Waals surface area contributed by atoms with Crippen molar-refractivity contribution in [3.8, 4) is 0 Å². The van der Waals surface area contributed by atoms with Gasteiger partial charge in [-0.2, -0.15) is 0 Å². The molecule has 1 N–H and O–H groups in total. The molecule has 0 aromatic heterocycles. The maximum absolute atomic E-state index is 13.4. The first kappa shape index (κ1) is 14.4. The zero-order valence-electron chi connectivity index (χ0n) is 10.7. The van der Waals surface area contributed by atoms with E-state index in [1.807, 2.05) is 0 Å². The lowest BCUT2D eigenvalue weighted by Crippen LogP contribution is -2.11. The van der Waals surface area contributed by atoms with Gasteiger partial charge in [0, 0.05) is 16.1 Å². The summed E-state index contributed by atoms with van der Waals surface area (Å²) in [6, 6.07) is 9.63. The fraction of sp³-hybridized carbons (Fsp3) is 0.0667. The van der Waals surface area contributed by atoms with Crippen molar-refractivity contribution in [2.45, 2.75) is 0 Å². The van der Waals surface area contributed by atoms with Crippen molar-refractivity contribution >= 4 is 51.8 Å². The van der Waals surface area contributed by atoms with Gasteiger partial charge in [-0.15, -0.1) is 0 Å². The Balaban J connectivity index is 2.20. The zero-order chi connectivity index (χ0) is 15.0. The van der Waals surface area contributed by atoms with E-state index < -0.39 is 0 Å². The number of hydrogen-bond donors (Lipinski definition) is 1. The fourth-order valence-electron chi connectivity index (χ4n) is 2.16. The van der Waals surface area contributed by atoms with Crippen LogP contribution >= 0.6 is 35.4 Å². The summed E-state index contributed by atoms with van der Waals surface area (Å²) in [5.41, 5.74) is 2.74. The highest BCUT2D eigenvalue weighted by atomic mass is 35.5. The Morgan fingerprint density at radius 2 is 1.86 bits per heavy atom. The van der Waals surface area contributed by atoms with E-state index in [4.69, 9.17) is 35.4 Å². The first-order valence-corrected chi connectivity index (χ1v) is 7.30. The van der Waals surface area contributed by atoms with Crippen molar-refractivity contribution in [2.24, 2.45) is 4.99 Å². The Morgan fingerprint density at radius 1 is 1.10 bits per heavy atom. The minimum absolute atomic E-state index is 0.319. The molecule has 0 fully saturated rings. The molecule has 21 heavy (non-hydrogen) atoms. The monoisotopic (exact) mass is 338 g/mol. The normalized spacial score (nSPS) is 14.0. The maximum atomic E-state index is 13.4. The Bertz CT molecular complexity index is 774. The van der Waals surface area contributed by atoms with E-state index in [0.717, 1.165) is 11.1 Å². The van der Waals surface area contributed by atoms with Gasteiger partial charge in [-0.25, -0.2) is 4.39 Å². The molecule has 2 aromatic rings. The van der Waals surface area contributed by atoms with Gasteiger partial charge in [-0.1, -0.05) is 35.4 Å². The minimum Gasteiger partial charge on any atom is -0.348 e. The number of hydrogen-bond acceptors (Lipinski definition) is 2. The van der Waals surface area contributed by atoms with Crippen molar-refractivity contribution in [1.82, 2.24) is 0 Å². The summed E-state index contributed by atoms with van der Waals surface area (Å²) in [7, 11) is 0. The summed E-state index contributed by atoms with van der Waals surface area (Å²) in [6.07, 6.45) is 0. The second-order valence-electron chi connectivity index (χ2n) is 4.53. The molecule has 0 unspecified atom stereocenters. The topological polar surface area (TPSA) is 24.4 Å². The van der Waals surface area contributed by atoms with Gasteiger partial charge in [-0.05, 0) is 36.4 Å². The largest absolute Gasteiger partial charge is 0.348 e. The predicted molar refractivity (Wildman–Crippen MR) is 89.6 cm³/mol. The second-order valence-corrected chi connectivity index (χ2v) is 5.86. The van der Waals surface area contributed by atoms with E-state index in [2.05, 4.69) is 10.3 Å². The molecule has 106 valence electrons. The number of anilines is 1. The van der Waals surface area contributed by atoms with Gasteiger partial charge in [0.05, 0.1) is 23.0 Å². The average Bonchev–Trinajstić information content (AvgIpc) is 2.57. The molecule has 2 nitrogen and oxygen atoms in total. The lowest BCUT2D eigenvalue weighted by atomic mass is 10.0. The summed E-state index contributed by atoms with van der Waals surface area (Å²) in [5.74, 6) is -0.340. The Kier molecular flexibility index (Phi) is 3.93. The number of rotatable bonds is 1. The molecule has 0 saturated heterocycles. The molecule has 0 bridgehead atoms. The molecule has 1 aliphatic heterocycles. The Hall–Kier alpha value is -1.49. The van der Waals surface area contributed by atoms with Crippen LogP contribution in [-0.2, 0) is 0 Å². The molecule has 0 spiro atoms. The number of benzene rings is 2. The average molecular weight is 339 g/mol. The first-order chi connectivity index (χ1) is 10.0. The van der Waals surface area contributed by atoms with Crippen LogP contribution in [0.2, 0.25) is 10.0 Å². The molecule has 0 radical (unpaired) electrons. The highest BCUT2D eigenvalue weighted by Gasteiger charge is 2.19. The third-order valence-electron chi connectivity index (χ3n) is 3.08. The van der Waals surface area contributed by atoms with Gasteiger partial charge < -0.3 is 5.32 Å². The van der Waals surface area contributed by atoms with Gasteiger partial charge in [-0.3, -0.25) is 4.99 Å². The number of thiocarbonyl (C=S) groups is 1. The summed E-state index contributed by atoms with van der Waals surface area (Å²) >= 11 is 17.4. The number of nitrogens with one attached hydrogen (secondary N) is 1. The lowest BCUT2D eigenvalue weighted by molar-refractivity contribution is 0.628. The second kappa shape index (κ2) is 5.72. The van der Waals surface area contributed by atoms with E-state index in [-0.39, 0.29) is 5.82 Å². The molecule has 6 heteroatoms. The van der Waals surface area contributed by atoms with Crippen molar-refractivity contribution in [3.63, 3.8) is 0 Å². The van der Waals surface area contributed by atoms with Crippen LogP contribution in [0.1, 0.15) is 11.1 Å². The van der Waals surface area contributed by atoms with Crippen LogP contribution in [0.3, 0.4) is 0 Å². The molecular formula is C15H9Cl2FN2S. The summed E-state index contributed by atoms with van der Waals surface area (Å²) < 4.78 is 13.4. The standard InChI is InChI=1S/C15H9Cl2FN2S/c16-8-1-3-10(12(17)5-8)15-11-4-2-9(18)6-13(11)20-14(21)7-19-15/h1-6H,7H2,(H,20,21). The van der Waals surface area contributed by atoms with Crippen molar-refractivity contribution < 1.29 is 4.39 Å². The molecule has 0 aliphatic carbocycles. The highest BCUT2D eigenvalue weighted by Crippen LogP contribution is 2.28. The van der Waals surface area contributed by atoms with Crippen LogP contribution in [0.15, 0.2) is 41.4 Å². The van der Waals surface area contributed by atoms with Gasteiger partial charge >= 0.3 is 0 Å². The first-order valence-electron chi connectivity index (χ1n) is 6.14. The quantitative estimate of drug-likeness (QED) is 0.760. The summed E-state index contributed by atoms with van der Waals surface area (Å²) in [4.78, 5) is 5.03. The molecule has 3 rings (SSSR count). The van der Waals surface area contributed by atoms with Crippen LogP contribution in [0.5, 0.6) is 0 Å². The van der Waals surface area contributed by atoms with Gasteiger partial charge in [0.15, 0.2) is 0 Å². The van der Waals surface area contributed by atoms with Crippen LogP contribution < -0.4 is 5.32 Å². The molecule has 0 amide bonds. The van der Waals surface area contributed by atoms with E-state index in [1.54, 1.807) is 24.3 Å².